The summed E-state index contributed by atoms with van der Waals surface area (Å²) < 4.78 is 40.1. The van der Waals surface area contributed by atoms with Crippen LogP contribution in [-0.4, -0.2) is 49.7 Å². The Balaban J connectivity index is 1.55. The van der Waals surface area contributed by atoms with Gasteiger partial charge in [-0.3, -0.25) is 4.79 Å². The Kier molecular flexibility index (Phi) is 6.58. The van der Waals surface area contributed by atoms with Gasteiger partial charge < -0.3 is 10.2 Å². The highest BCUT2D eigenvalue weighted by Crippen LogP contribution is 2.29. The van der Waals surface area contributed by atoms with Gasteiger partial charge in [-0.2, -0.15) is 18.3 Å². The fourth-order valence-electron chi connectivity index (χ4n) is 4.18. The first-order valence-corrected chi connectivity index (χ1v) is 11.2. The summed E-state index contributed by atoms with van der Waals surface area (Å²) in [5.41, 5.74) is 1.70. The predicted molar refractivity (Wildman–Crippen MR) is 122 cm³/mol. The van der Waals surface area contributed by atoms with Gasteiger partial charge >= 0.3 is 6.18 Å². The number of piperidine rings is 1. The molecule has 0 radical (unpaired) electrons. The molecular weight excluding hydrogens is 445 g/mol. The van der Waals surface area contributed by atoms with E-state index < -0.39 is 11.7 Å². The van der Waals surface area contributed by atoms with Crippen molar-refractivity contribution in [3.63, 3.8) is 0 Å². The van der Waals surface area contributed by atoms with Crippen LogP contribution >= 0.6 is 0 Å². The fraction of sp³-hybridized carbons (Fsp3) is 0.417. The van der Waals surface area contributed by atoms with Gasteiger partial charge in [-0.1, -0.05) is 6.92 Å². The van der Waals surface area contributed by atoms with Crippen molar-refractivity contribution in [2.45, 2.75) is 45.8 Å². The maximum atomic E-state index is 13.7. The number of likely N-dealkylation sites (tertiary alicyclic amines) is 1. The summed E-state index contributed by atoms with van der Waals surface area (Å²) in [6.45, 7) is 6.79. The Morgan fingerprint density at radius 3 is 2.59 bits per heavy atom. The fourth-order valence-corrected chi connectivity index (χ4v) is 4.18. The minimum absolute atomic E-state index is 0.158. The monoisotopic (exact) mass is 472 g/mol. The number of amides is 1. The first-order chi connectivity index (χ1) is 16.1. The SMILES string of the molecule is Cc1ccc(-n2ccc(C)n2)c(C(=O)N2CC[C@H](C)CC2CNc2ccc(C(F)(F)F)cn2)n1. The van der Waals surface area contributed by atoms with Crippen molar-refractivity contribution >= 4 is 11.7 Å². The van der Waals surface area contributed by atoms with Gasteiger partial charge in [-0.05, 0) is 62.9 Å². The van der Waals surface area contributed by atoms with Crippen LogP contribution in [0.25, 0.3) is 5.69 Å². The summed E-state index contributed by atoms with van der Waals surface area (Å²) >= 11 is 0. The molecule has 180 valence electrons. The summed E-state index contributed by atoms with van der Waals surface area (Å²) in [7, 11) is 0. The van der Waals surface area contributed by atoms with E-state index >= 15 is 0 Å². The largest absolute Gasteiger partial charge is 0.417 e. The number of aromatic nitrogens is 4. The van der Waals surface area contributed by atoms with Crippen LogP contribution in [0.4, 0.5) is 19.0 Å². The van der Waals surface area contributed by atoms with E-state index in [1.807, 2.05) is 32.0 Å². The Morgan fingerprint density at radius 2 is 1.94 bits per heavy atom. The molecule has 1 aliphatic heterocycles. The van der Waals surface area contributed by atoms with Gasteiger partial charge in [0.05, 0.1) is 16.9 Å². The molecule has 0 aliphatic carbocycles. The maximum Gasteiger partial charge on any atom is 0.417 e. The molecule has 0 saturated carbocycles. The van der Waals surface area contributed by atoms with E-state index in [-0.39, 0.29) is 11.9 Å². The zero-order valence-corrected chi connectivity index (χ0v) is 19.3. The summed E-state index contributed by atoms with van der Waals surface area (Å²) in [5.74, 6) is 0.557. The molecule has 3 aromatic rings. The number of pyridine rings is 2. The van der Waals surface area contributed by atoms with E-state index in [2.05, 4.69) is 27.3 Å². The lowest BCUT2D eigenvalue weighted by atomic mass is 9.92. The topological polar surface area (TPSA) is 75.9 Å². The number of aryl methyl sites for hydroxylation is 2. The quantitative estimate of drug-likeness (QED) is 0.585. The van der Waals surface area contributed by atoms with Crippen LogP contribution in [-0.2, 0) is 6.18 Å². The first kappa shape index (κ1) is 23.7. The molecule has 7 nitrogen and oxygen atoms in total. The van der Waals surface area contributed by atoms with Crippen molar-refractivity contribution in [3.8, 4) is 5.69 Å². The predicted octanol–water partition coefficient (Wildman–Crippen LogP) is 4.65. The normalized spacial score (nSPS) is 18.7. The van der Waals surface area contributed by atoms with E-state index in [1.54, 1.807) is 15.8 Å². The number of rotatable bonds is 5. The number of anilines is 1. The number of alkyl halides is 3. The molecule has 34 heavy (non-hydrogen) atoms. The number of hydrogen-bond acceptors (Lipinski definition) is 5. The molecule has 4 rings (SSSR count). The van der Waals surface area contributed by atoms with Crippen molar-refractivity contribution in [1.82, 2.24) is 24.6 Å². The molecule has 1 aliphatic rings. The summed E-state index contributed by atoms with van der Waals surface area (Å²) in [4.78, 5) is 23.9. The molecule has 0 spiro atoms. The second kappa shape index (κ2) is 9.44. The molecule has 1 saturated heterocycles. The van der Waals surface area contributed by atoms with Gasteiger partial charge in [0.15, 0.2) is 5.69 Å². The lowest BCUT2D eigenvalue weighted by molar-refractivity contribution is -0.137. The average molecular weight is 473 g/mol. The molecule has 4 heterocycles. The summed E-state index contributed by atoms with van der Waals surface area (Å²) in [5, 5.41) is 7.54. The van der Waals surface area contributed by atoms with Crippen molar-refractivity contribution in [3.05, 3.63) is 65.4 Å². The van der Waals surface area contributed by atoms with E-state index in [9.17, 15) is 18.0 Å². The highest BCUT2D eigenvalue weighted by Gasteiger charge is 2.33. The van der Waals surface area contributed by atoms with Crippen molar-refractivity contribution < 1.29 is 18.0 Å². The van der Waals surface area contributed by atoms with Crippen LogP contribution in [0.1, 0.15) is 47.2 Å². The van der Waals surface area contributed by atoms with E-state index in [0.717, 1.165) is 36.5 Å². The van der Waals surface area contributed by atoms with E-state index in [4.69, 9.17) is 0 Å². The van der Waals surface area contributed by atoms with Gasteiger partial charge in [0, 0.05) is 37.2 Å². The molecule has 1 N–H and O–H groups in total. The molecule has 10 heteroatoms. The molecule has 1 amide bonds. The van der Waals surface area contributed by atoms with Gasteiger partial charge in [-0.25, -0.2) is 14.6 Å². The number of nitrogens with one attached hydrogen (secondary N) is 1. The lowest BCUT2D eigenvalue weighted by Crippen LogP contribution is -2.49. The Bertz CT molecular complexity index is 1160. The maximum absolute atomic E-state index is 13.7. The number of hydrogen-bond donors (Lipinski definition) is 1. The van der Waals surface area contributed by atoms with Crippen LogP contribution in [0.5, 0.6) is 0 Å². The molecule has 0 bridgehead atoms. The standard InChI is InChI=1S/C24H27F3N6O/c1-15-8-10-32(19(12-15)14-29-21-7-5-18(13-28-21)24(25,26)27)23(34)22-20(6-4-16(2)30-22)33-11-9-17(3)31-33/h4-7,9,11,13,15,19H,8,10,12,14H2,1-3H3,(H,28,29)/t15-,19?/m0/s1. The molecule has 1 unspecified atom stereocenters. The Morgan fingerprint density at radius 1 is 1.15 bits per heavy atom. The third kappa shape index (κ3) is 5.21. The summed E-state index contributed by atoms with van der Waals surface area (Å²) in [6, 6.07) is 7.69. The molecule has 2 atom stereocenters. The van der Waals surface area contributed by atoms with E-state index in [1.165, 1.54) is 6.07 Å². The number of carbonyl (C=O) groups is 1. The second-order valence-corrected chi connectivity index (χ2v) is 8.81. The van der Waals surface area contributed by atoms with Gasteiger partial charge in [-0.15, -0.1) is 0 Å². The van der Waals surface area contributed by atoms with Crippen LogP contribution in [0.2, 0.25) is 0 Å². The zero-order chi connectivity index (χ0) is 24.5. The smallest absolute Gasteiger partial charge is 0.368 e. The van der Waals surface area contributed by atoms with Crippen LogP contribution in [0, 0.1) is 19.8 Å². The number of nitrogens with zero attached hydrogens (tertiary/aromatic N) is 5. The molecular formula is C24H27F3N6O. The van der Waals surface area contributed by atoms with Crippen LogP contribution in [0.3, 0.4) is 0 Å². The Hall–Kier alpha value is -3.43. The molecule has 0 aromatic carbocycles. The van der Waals surface area contributed by atoms with Crippen molar-refractivity contribution in [1.29, 1.82) is 0 Å². The minimum atomic E-state index is -4.43. The molecule has 3 aromatic heterocycles. The zero-order valence-electron chi connectivity index (χ0n) is 19.3. The first-order valence-electron chi connectivity index (χ1n) is 11.2. The lowest BCUT2D eigenvalue weighted by Gasteiger charge is -2.38. The van der Waals surface area contributed by atoms with Crippen molar-refractivity contribution in [2.24, 2.45) is 5.92 Å². The van der Waals surface area contributed by atoms with Crippen LogP contribution in [0.15, 0.2) is 42.7 Å². The second-order valence-electron chi connectivity index (χ2n) is 8.81. The number of halogens is 3. The number of carbonyl (C=O) groups excluding carboxylic acids is 1. The molecule has 1 fully saturated rings. The minimum Gasteiger partial charge on any atom is -0.368 e. The van der Waals surface area contributed by atoms with Gasteiger partial charge in [0.2, 0.25) is 0 Å². The van der Waals surface area contributed by atoms with Gasteiger partial charge in [0.1, 0.15) is 5.82 Å². The third-order valence-electron chi connectivity index (χ3n) is 6.03. The third-order valence-corrected chi connectivity index (χ3v) is 6.03. The van der Waals surface area contributed by atoms with Crippen LogP contribution < -0.4 is 5.32 Å². The highest BCUT2D eigenvalue weighted by molar-refractivity contribution is 5.96. The summed E-state index contributed by atoms with van der Waals surface area (Å²) in [6.07, 6.45) is -0.195. The highest BCUT2D eigenvalue weighted by atomic mass is 19.4. The van der Waals surface area contributed by atoms with Gasteiger partial charge in [0.25, 0.3) is 5.91 Å². The average Bonchev–Trinajstić information content (AvgIpc) is 3.23. The van der Waals surface area contributed by atoms with E-state index in [0.29, 0.717) is 36.2 Å². The Labute approximate surface area is 196 Å². The van der Waals surface area contributed by atoms with Crippen molar-refractivity contribution in [2.75, 3.05) is 18.4 Å².